The highest BCUT2D eigenvalue weighted by atomic mass is 19.1. The molecule has 33 heavy (non-hydrogen) atoms. The van der Waals surface area contributed by atoms with Crippen molar-refractivity contribution in [2.45, 2.75) is 32.4 Å². The Balaban J connectivity index is 1.23. The summed E-state index contributed by atoms with van der Waals surface area (Å²) in [6.07, 6.45) is 2.89. The van der Waals surface area contributed by atoms with Gasteiger partial charge in [-0.25, -0.2) is 9.37 Å². The molecule has 0 unspecified atom stereocenters. The number of carbonyl (C=O) groups excluding carboxylic acids is 2. The Bertz CT molecular complexity index is 1100. The average Bonchev–Trinajstić information content (AvgIpc) is 3.66. The number of nitrogens with zero attached hydrogens (tertiary/aromatic N) is 4. The second-order valence-corrected chi connectivity index (χ2v) is 8.77. The van der Waals surface area contributed by atoms with Crippen molar-refractivity contribution in [1.29, 1.82) is 0 Å². The number of nitrogens with one attached hydrogen (secondary N) is 2. The van der Waals surface area contributed by atoms with Crippen molar-refractivity contribution in [2.24, 2.45) is 5.92 Å². The number of carbonyl (C=O) groups is 2. The standard InChI is InChI=1S/C23H27FN6O3/c1-13-17(6-5-15(27-13)22(31)25-2)30-9-7-29(8-10-30)12-16-19(24)20-18(11-26-16)33-21(14-3-4-14)23(32)28-20/h5-6,11,14,21H,3-4,7-10,12H2,1-2H3,(H,25,31)(H,28,32)/t21-/m0/s1. The van der Waals surface area contributed by atoms with Crippen LogP contribution in [0.1, 0.15) is 34.7 Å². The summed E-state index contributed by atoms with van der Waals surface area (Å²) >= 11 is 0. The van der Waals surface area contributed by atoms with Gasteiger partial charge >= 0.3 is 0 Å². The number of hydrogen-bond acceptors (Lipinski definition) is 7. The Morgan fingerprint density at radius 1 is 1.27 bits per heavy atom. The zero-order valence-corrected chi connectivity index (χ0v) is 18.7. The van der Waals surface area contributed by atoms with E-state index in [0.717, 1.165) is 50.4 Å². The Labute approximate surface area is 191 Å². The predicted molar refractivity (Wildman–Crippen MR) is 120 cm³/mol. The van der Waals surface area contributed by atoms with E-state index in [1.807, 2.05) is 13.0 Å². The van der Waals surface area contributed by atoms with E-state index in [2.05, 4.69) is 30.4 Å². The van der Waals surface area contributed by atoms with Crippen molar-refractivity contribution in [3.8, 4) is 5.75 Å². The van der Waals surface area contributed by atoms with Gasteiger partial charge in [0.05, 0.1) is 23.3 Å². The first-order valence-electron chi connectivity index (χ1n) is 11.3. The van der Waals surface area contributed by atoms with E-state index in [4.69, 9.17) is 4.74 Å². The van der Waals surface area contributed by atoms with Gasteiger partial charge < -0.3 is 20.3 Å². The maximum Gasteiger partial charge on any atom is 0.269 e. The summed E-state index contributed by atoms with van der Waals surface area (Å²) in [7, 11) is 1.58. The first kappa shape index (κ1) is 21.6. The summed E-state index contributed by atoms with van der Waals surface area (Å²) in [5.74, 6) is -0.487. The lowest BCUT2D eigenvalue weighted by Gasteiger charge is -2.36. The monoisotopic (exact) mass is 454 g/mol. The number of aryl methyl sites for hydroxylation is 1. The zero-order valence-electron chi connectivity index (χ0n) is 18.7. The molecule has 5 rings (SSSR count). The average molecular weight is 455 g/mol. The van der Waals surface area contributed by atoms with E-state index in [1.54, 1.807) is 13.1 Å². The molecule has 174 valence electrons. The van der Waals surface area contributed by atoms with Crippen molar-refractivity contribution in [3.05, 3.63) is 41.2 Å². The number of fused-ring (bicyclic) bond motifs is 1. The Morgan fingerprint density at radius 3 is 2.70 bits per heavy atom. The minimum Gasteiger partial charge on any atom is -0.476 e. The molecular weight excluding hydrogens is 427 g/mol. The molecule has 1 atom stereocenters. The van der Waals surface area contributed by atoms with Crippen LogP contribution in [-0.4, -0.2) is 66.0 Å². The van der Waals surface area contributed by atoms with E-state index >= 15 is 4.39 Å². The summed E-state index contributed by atoms with van der Waals surface area (Å²) in [5, 5.41) is 5.27. The van der Waals surface area contributed by atoms with Gasteiger partial charge in [0.2, 0.25) is 0 Å². The van der Waals surface area contributed by atoms with Crippen LogP contribution < -0.4 is 20.3 Å². The molecule has 0 spiro atoms. The van der Waals surface area contributed by atoms with Crippen LogP contribution in [0.15, 0.2) is 18.3 Å². The van der Waals surface area contributed by atoms with Crippen molar-refractivity contribution in [3.63, 3.8) is 0 Å². The van der Waals surface area contributed by atoms with Crippen molar-refractivity contribution in [1.82, 2.24) is 20.2 Å². The molecule has 4 heterocycles. The summed E-state index contributed by atoms with van der Waals surface area (Å²) in [4.78, 5) is 37.1. The van der Waals surface area contributed by atoms with Gasteiger partial charge in [0.25, 0.3) is 11.8 Å². The van der Waals surface area contributed by atoms with Crippen LogP contribution in [0.25, 0.3) is 0 Å². The number of aromatic nitrogens is 2. The molecule has 0 radical (unpaired) electrons. The fourth-order valence-electron chi connectivity index (χ4n) is 4.42. The molecule has 2 fully saturated rings. The first-order chi connectivity index (χ1) is 15.9. The maximum absolute atomic E-state index is 15.1. The molecule has 2 aliphatic heterocycles. The minimum atomic E-state index is -0.541. The number of piperazine rings is 1. The predicted octanol–water partition coefficient (Wildman–Crippen LogP) is 1.72. The highest BCUT2D eigenvalue weighted by molar-refractivity contribution is 5.98. The van der Waals surface area contributed by atoms with Gasteiger partial charge in [-0.1, -0.05) is 0 Å². The van der Waals surface area contributed by atoms with Crippen molar-refractivity contribution >= 4 is 23.2 Å². The molecule has 10 heteroatoms. The maximum atomic E-state index is 15.1. The van der Waals surface area contributed by atoms with Crippen LogP contribution >= 0.6 is 0 Å². The van der Waals surface area contributed by atoms with Gasteiger partial charge in [-0.05, 0) is 31.9 Å². The van der Waals surface area contributed by atoms with Gasteiger partial charge in [-0.15, -0.1) is 0 Å². The fraction of sp³-hybridized carbons (Fsp3) is 0.478. The summed E-state index contributed by atoms with van der Waals surface area (Å²) in [6, 6.07) is 3.65. The lowest BCUT2D eigenvalue weighted by Crippen LogP contribution is -2.46. The molecule has 1 saturated heterocycles. The minimum absolute atomic E-state index is 0.0958. The van der Waals surface area contributed by atoms with Gasteiger partial charge in [0.1, 0.15) is 11.4 Å². The highest BCUT2D eigenvalue weighted by Crippen LogP contribution is 2.41. The van der Waals surface area contributed by atoms with E-state index in [-0.39, 0.29) is 23.4 Å². The van der Waals surface area contributed by atoms with E-state index in [0.29, 0.717) is 23.7 Å². The molecule has 2 aromatic rings. The molecule has 2 aromatic heterocycles. The van der Waals surface area contributed by atoms with Gasteiger partial charge in [-0.3, -0.25) is 19.5 Å². The first-order valence-corrected chi connectivity index (χ1v) is 11.3. The van der Waals surface area contributed by atoms with Crippen molar-refractivity contribution < 1.29 is 18.7 Å². The van der Waals surface area contributed by atoms with Crippen LogP contribution in [0.3, 0.4) is 0 Å². The lowest BCUT2D eigenvalue weighted by molar-refractivity contribution is -0.124. The number of pyridine rings is 2. The number of halogens is 1. The normalized spacial score (nSPS) is 20.6. The molecule has 1 saturated carbocycles. The molecule has 3 aliphatic rings. The SMILES string of the molecule is CNC(=O)c1ccc(N2CCN(Cc3ncc4c(c3F)NC(=O)[C@H](C3CC3)O4)CC2)c(C)n1. The van der Waals surface area contributed by atoms with Crippen LogP contribution in [0.5, 0.6) is 5.75 Å². The van der Waals surface area contributed by atoms with Gasteiger partial charge in [0.15, 0.2) is 17.7 Å². The Hall–Kier alpha value is -3.27. The second kappa shape index (κ2) is 8.58. The third-order valence-corrected chi connectivity index (χ3v) is 6.47. The van der Waals surface area contributed by atoms with E-state index < -0.39 is 11.9 Å². The molecule has 9 nitrogen and oxygen atoms in total. The van der Waals surface area contributed by atoms with E-state index in [9.17, 15) is 9.59 Å². The number of amides is 2. The lowest BCUT2D eigenvalue weighted by atomic mass is 10.1. The number of ether oxygens (including phenoxy) is 1. The van der Waals surface area contributed by atoms with Crippen LogP contribution in [0.4, 0.5) is 15.8 Å². The summed E-state index contributed by atoms with van der Waals surface area (Å²) < 4.78 is 20.9. The highest BCUT2D eigenvalue weighted by Gasteiger charge is 2.42. The largest absolute Gasteiger partial charge is 0.476 e. The quantitative estimate of drug-likeness (QED) is 0.710. The smallest absolute Gasteiger partial charge is 0.269 e. The second-order valence-electron chi connectivity index (χ2n) is 8.77. The molecular formula is C23H27FN6O3. The molecule has 2 amide bonds. The van der Waals surface area contributed by atoms with Crippen LogP contribution in [0.2, 0.25) is 0 Å². The van der Waals surface area contributed by atoms with Crippen LogP contribution in [-0.2, 0) is 11.3 Å². The third-order valence-electron chi connectivity index (χ3n) is 6.47. The van der Waals surface area contributed by atoms with Crippen molar-refractivity contribution in [2.75, 3.05) is 43.4 Å². The van der Waals surface area contributed by atoms with E-state index in [1.165, 1.54) is 6.20 Å². The summed E-state index contributed by atoms with van der Waals surface area (Å²) in [6.45, 7) is 5.18. The summed E-state index contributed by atoms with van der Waals surface area (Å²) in [5.41, 5.74) is 2.57. The fourth-order valence-corrected chi connectivity index (χ4v) is 4.42. The molecule has 2 N–H and O–H groups in total. The molecule has 1 aliphatic carbocycles. The molecule has 0 aromatic carbocycles. The molecule has 0 bridgehead atoms. The van der Waals surface area contributed by atoms with Gasteiger partial charge in [-0.2, -0.15) is 0 Å². The Kier molecular flexibility index (Phi) is 5.61. The third kappa shape index (κ3) is 4.22. The Morgan fingerprint density at radius 2 is 2.03 bits per heavy atom. The zero-order chi connectivity index (χ0) is 23.1. The number of anilines is 2. The number of hydrogen-bond donors (Lipinski definition) is 2. The number of rotatable bonds is 5. The van der Waals surface area contributed by atoms with Crippen LogP contribution in [0, 0.1) is 18.7 Å². The topological polar surface area (TPSA) is 99.7 Å². The van der Waals surface area contributed by atoms with Gasteiger partial charge in [0, 0.05) is 45.7 Å².